The Morgan fingerprint density at radius 1 is 1.28 bits per heavy atom. The zero-order valence-electron chi connectivity index (χ0n) is 19.5. The van der Waals surface area contributed by atoms with E-state index in [1.54, 1.807) is 5.06 Å². The minimum atomic E-state index is -0.0924. The van der Waals surface area contributed by atoms with Crippen LogP contribution in [0.15, 0.2) is 54.4 Å². The first-order valence-electron chi connectivity index (χ1n) is 11.4. The highest BCUT2D eigenvalue weighted by molar-refractivity contribution is 6.30. The van der Waals surface area contributed by atoms with E-state index in [4.69, 9.17) is 21.5 Å². The number of hydrogen-bond donors (Lipinski definition) is 1. The fourth-order valence-corrected chi connectivity index (χ4v) is 4.36. The van der Waals surface area contributed by atoms with Gasteiger partial charge in [-0.15, -0.1) is 0 Å². The average Bonchev–Trinajstić information content (AvgIpc) is 3.55. The summed E-state index contributed by atoms with van der Waals surface area (Å²) >= 11 is 6.23. The molecule has 2 heterocycles. The molecule has 5 nitrogen and oxygen atoms in total. The Kier molecular flexibility index (Phi) is 6.77. The van der Waals surface area contributed by atoms with Gasteiger partial charge in [0, 0.05) is 23.3 Å². The Morgan fingerprint density at radius 3 is 2.66 bits per heavy atom. The number of rotatable bonds is 8. The van der Waals surface area contributed by atoms with Crippen LogP contribution in [0.5, 0.6) is 0 Å². The average molecular weight is 453 g/mol. The molecule has 0 radical (unpaired) electrons. The highest BCUT2D eigenvalue weighted by Crippen LogP contribution is 2.40. The van der Waals surface area contributed by atoms with E-state index in [1.807, 2.05) is 25.4 Å². The van der Waals surface area contributed by atoms with Crippen LogP contribution in [0.2, 0.25) is 5.02 Å². The van der Waals surface area contributed by atoms with Crippen molar-refractivity contribution in [3.63, 3.8) is 0 Å². The molecule has 1 saturated carbocycles. The molecule has 2 aliphatic rings. The molecule has 1 unspecified atom stereocenters. The predicted molar refractivity (Wildman–Crippen MR) is 131 cm³/mol. The lowest BCUT2D eigenvalue weighted by atomic mass is 9.93. The van der Waals surface area contributed by atoms with Crippen molar-refractivity contribution in [1.29, 1.82) is 0 Å². The number of halogens is 1. The number of hydroxylamine groups is 2. The zero-order chi connectivity index (χ0) is 22.8. The smallest absolute Gasteiger partial charge is 0.0960 e. The minimum absolute atomic E-state index is 0.0924. The first kappa shape index (κ1) is 22.7. The van der Waals surface area contributed by atoms with Crippen molar-refractivity contribution in [2.45, 2.75) is 58.5 Å². The minimum Gasteiger partial charge on any atom is -0.373 e. The van der Waals surface area contributed by atoms with Gasteiger partial charge in [0.2, 0.25) is 0 Å². The van der Waals surface area contributed by atoms with E-state index in [-0.39, 0.29) is 6.04 Å². The van der Waals surface area contributed by atoms with Gasteiger partial charge >= 0.3 is 0 Å². The van der Waals surface area contributed by atoms with Crippen LogP contribution in [0.4, 0.5) is 0 Å². The van der Waals surface area contributed by atoms with Gasteiger partial charge in [0.25, 0.3) is 0 Å². The molecule has 1 aliphatic carbocycles. The summed E-state index contributed by atoms with van der Waals surface area (Å²) in [6.45, 7) is 11.4. The molecule has 1 atom stereocenters. The van der Waals surface area contributed by atoms with Crippen LogP contribution < -0.4 is 5.32 Å². The van der Waals surface area contributed by atoms with Crippen molar-refractivity contribution >= 4 is 17.2 Å². The van der Waals surface area contributed by atoms with Gasteiger partial charge in [0.1, 0.15) is 0 Å². The van der Waals surface area contributed by atoms with E-state index in [9.17, 15) is 0 Å². The quantitative estimate of drug-likeness (QED) is 0.507. The van der Waals surface area contributed by atoms with Crippen molar-refractivity contribution in [3.05, 3.63) is 81.9 Å². The van der Waals surface area contributed by atoms with Crippen LogP contribution >= 0.6 is 11.6 Å². The van der Waals surface area contributed by atoms with E-state index in [0.717, 1.165) is 46.0 Å². The summed E-state index contributed by atoms with van der Waals surface area (Å²) in [5.41, 5.74) is 7.79. The van der Waals surface area contributed by atoms with Crippen molar-refractivity contribution < 1.29 is 4.84 Å². The summed E-state index contributed by atoms with van der Waals surface area (Å²) in [5.74, 6) is 0. The van der Waals surface area contributed by atoms with Crippen molar-refractivity contribution in [2.24, 2.45) is 0 Å². The van der Waals surface area contributed by atoms with Crippen LogP contribution in [0.3, 0.4) is 0 Å². The van der Waals surface area contributed by atoms with Crippen molar-refractivity contribution in [1.82, 2.24) is 20.2 Å². The Bertz CT molecular complexity index is 1050. The van der Waals surface area contributed by atoms with Crippen LogP contribution in [0.25, 0.3) is 5.57 Å². The lowest BCUT2D eigenvalue weighted by Gasteiger charge is -2.24. The highest BCUT2D eigenvalue weighted by atomic mass is 35.5. The molecule has 32 heavy (non-hydrogen) atoms. The Morgan fingerprint density at radius 2 is 2.00 bits per heavy atom. The first-order valence-corrected chi connectivity index (χ1v) is 11.8. The Labute approximate surface area is 196 Å². The molecule has 0 bridgehead atoms. The largest absolute Gasteiger partial charge is 0.373 e. The summed E-state index contributed by atoms with van der Waals surface area (Å²) in [5, 5.41) is 11.3. The molecule has 0 spiro atoms. The standard InChI is InChI=1S/C26H33ClN4O/c1-6-7-18(3)25-24(19(4)31(29-25)23-12-13-23)26(20-8-10-21(27)11-9-20)28-22-14-17(2)16-32-30(5)15-22/h8-11,14-15,23,26,28H,3,6-7,12-13,16H2,1-2,4-5H3. The third kappa shape index (κ3) is 4.94. The van der Waals surface area contributed by atoms with Gasteiger partial charge in [0.15, 0.2) is 0 Å². The van der Waals surface area contributed by atoms with E-state index in [0.29, 0.717) is 12.6 Å². The van der Waals surface area contributed by atoms with E-state index in [1.165, 1.54) is 24.1 Å². The summed E-state index contributed by atoms with van der Waals surface area (Å²) in [4.78, 5) is 5.72. The predicted octanol–water partition coefficient (Wildman–Crippen LogP) is 6.34. The molecule has 2 aromatic rings. The highest BCUT2D eigenvalue weighted by Gasteiger charge is 2.32. The van der Waals surface area contributed by atoms with Gasteiger partial charge in [-0.2, -0.15) is 5.10 Å². The zero-order valence-corrected chi connectivity index (χ0v) is 20.2. The molecule has 4 rings (SSSR count). The van der Waals surface area contributed by atoms with Gasteiger partial charge in [-0.25, -0.2) is 0 Å². The van der Waals surface area contributed by atoms with Crippen LogP contribution in [0, 0.1) is 6.92 Å². The topological polar surface area (TPSA) is 42.3 Å². The second kappa shape index (κ2) is 9.55. The molecular formula is C26H33ClN4O. The number of nitrogens with zero attached hydrogens (tertiary/aromatic N) is 3. The van der Waals surface area contributed by atoms with Gasteiger partial charge < -0.3 is 5.32 Å². The van der Waals surface area contributed by atoms with Crippen LogP contribution in [-0.2, 0) is 4.84 Å². The van der Waals surface area contributed by atoms with E-state index in [2.05, 4.69) is 55.6 Å². The second-order valence-corrected chi connectivity index (χ2v) is 9.34. The third-order valence-electron chi connectivity index (χ3n) is 6.00. The summed E-state index contributed by atoms with van der Waals surface area (Å²) in [7, 11) is 1.91. The van der Waals surface area contributed by atoms with Gasteiger partial charge in [0.05, 0.1) is 36.3 Å². The molecular weight excluding hydrogens is 420 g/mol. The van der Waals surface area contributed by atoms with Crippen LogP contribution in [-0.4, -0.2) is 28.5 Å². The van der Waals surface area contributed by atoms with E-state index < -0.39 is 0 Å². The molecule has 170 valence electrons. The van der Waals surface area contributed by atoms with Crippen molar-refractivity contribution in [2.75, 3.05) is 13.7 Å². The molecule has 1 aliphatic heterocycles. The maximum atomic E-state index is 6.23. The number of allylic oxidation sites excluding steroid dienone is 2. The lowest BCUT2D eigenvalue weighted by molar-refractivity contribution is -0.0880. The maximum Gasteiger partial charge on any atom is 0.0960 e. The molecule has 1 aromatic heterocycles. The summed E-state index contributed by atoms with van der Waals surface area (Å²) in [6, 6.07) is 8.49. The number of aromatic nitrogens is 2. The molecule has 1 N–H and O–H groups in total. The Hall–Kier alpha value is -2.50. The number of hydrogen-bond acceptors (Lipinski definition) is 4. The molecule has 1 fully saturated rings. The lowest BCUT2D eigenvalue weighted by Crippen LogP contribution is -2.24. The molecule has 0 amide bonds. The summed E-state index contributed by atoms with van der Waals surface area (Å²) < 4.78 is 2.22. The Balaban J connectivity index is 1.84. The van der Waals surface area contributed by atoms with Gasteiger partial charge in [-0.1, -0.05) is 43.7 Å². The maximum absolute atomic E-state index is 6.23. The number of benzene rings is 1. The van der Waals surface area contributed by atoms with E-state index >= 15 is 0 Å². The second-order valence-electron chi connectivity index (χ2n) is 8.90. The summed E-state index contributed by atoms with van der Waals surface area (Å²) in [6.07, 6.45) is 8.49. The monoisotopic (exact) mass is 452 g/mol. The number of nitrogens with one attached hydrogen (secondary N) is 1. The van der Waals surface area contributed by atoms with Crippen LogP contribution in [0.1, 0.15) is 74.1 Å². The third-order valence-corrected chi connectivity index (χ3v) is 6.25. The van der Waals surface area contributed by atoms with Gasteiger partial charge in [-0.05, 0) is 68.0 Å². The molecule has 1 aromatic carbocycles. The first-order chi connectivity index (χ1) is 15.4. The fraction of sp³-hybridized carbons (Fsp3) is 0.423. The SMILES string of the molecule is C=C(CCC)c1nn(C2CC2)c(C)c1C(NC1=CN(C)OCC(C)=C1)c1ccc(Cl)cc1. The molecule has 0 saturated heterocycles. The molecule has 6 heteroatoms. The van der Waals surface area contributed by atoms with Gasteiger partial charge in [-0.3, -0.25) is 14.6 Å². The fourth-order valence-electron chi connectivity index (χ4n) is 4.24. The van der Waals surface area contributed by atoms with Crippen molar-refractivity contribution in [3.8, 4) is 0 Å². The normalized spacial score (nSPS) is 17.5.